The molecular formula is C12H15ClO. The molecule has 1 aromatic carbocycles. The van der Waals surface area contributed by atoms with Crippen LogP contribution in [-0.2, 0) is 4.79 Å². The predicted molar refractivity (Wildman–Crippen MR) is 59.8 cm³/mol. The van der Waals surface area contributed by atoms with Crippen LogP contribution in [0.4, 0.5) is 0 Å². The van der Waals surface area contributed by atoms with Gasteiger partial charge in [-0.25, -0.2) is 0 Å². The van der Waals surface area contributed by atoms with Crippen molar-refractivity contribution in [1.29, 1.82) is 0 Å². The van der Waals surface area contributed by atoms with E-state index in [1.807, 2.05) is 38.1 Å². The number of halogens is 1. The van der Waals surface area contributed by atoms with Crippen LogP contribution in [0.3, 0.4) is 0 Å². The van der Waals surface area contributed by atoms with Gasteiger partial charge in [0, 0.05) is 17.4 Å². The fourth-order valence-electron chi connectivity index (χ4n) is 1.46. The lowest BCUT2D eigenvalue weighted by molar-refractivity contribution is -0.120. The molecule has 0 saturated heterocycles. The highest BCUT2D eigenvalue weighted by Crippen LogP contribution is 2.25. The molecule has 0 radical (unpaired) electrons. The van der Waals surface area contributed by atoms with Crippen LogP contribution in [0.2, 0.25) is 5.02 Å². The van der Waals surface area contributed by atoms with E-state index in [2.05, 4.69) is 0 Å². The highest BCUT2D eigenvalue weighted by Gasteiger charge is 2.16. The van der Waals surface area contributed by atoms with Crippen LogP contribution in [0.25, 0.3) is 0 Å². The summed E-state index contributed by atoms with van der Waals surface area (Å²) in [6, 6.07) is 7.53. The Morgan fingerprint density at radius 3 is 2.64 bits per heavy atom. The highest BCUT2D eigenvalue weighted by atomic mass is 35.5. The Morgan fingerprint density at radius 2 is 2.07 bits per heavy atom. The summed E-state index contributed by atoms with van der Waals surface area (Å²) in [6.07, 6.45) is 1.53. The Labute approximate surface area is 90.1 Å². The summed E-state index contributed by atoms with van der Waals surface area (Å²) in [5.41, 5.74) is 0.938. The Morgan fingerprint density at radius 1 is 1.43 bits per heavy atom. The van der Waals surface area contributed by atoms with Crippen molar-refractivity contribution in [2.45, 2.75) is 32.6 Å². The van der Waals surface area contributed by atoms with Crippen molar-refractivity contribution in [2.75, 3.05) is 0 Å². The van der Waals surface area contributed by atoms with Crippen LogP contribution < -0.4 is 0 Å². The van der Waals surface area contributed by atoms with E-state index in [9.17, 15) is 4.79 Å². The zero-order chi connectivity index (χ0) is 10.6. The van der Waals surface area contributed by atoms with Gasteiger partial charge in [0.1, 0.15) is 5.78 Å². The van der Waals surface area contributed by atoms with E-state index in [0.717, 1.165) is 12.0 Å². The molecular weight excluding hydrogens is 196 g/mol. The molecule has 1 nitrogen and oxygen atoms in total. The SMILES string of the molecule is CCCC(=O)C(C)c1ccccc1Cl. The Kier molecular flexibility index (Phi) is 4.15. The van der Waals surface area contributed by atoms with Gasteiger partial charge >= 0.3 is 0 Å². The second-order valence-electron chi connectivity index (χ2n) is 3.46. The largest absolute Gasteiger partial charge is 0.299 e. The van der Waals surface area contributed by atoms with Crippen LogP contribution in [0.15, 0.2) is 24.3 Å². The molecule has 0 fully saturated rings. The van der Waals surface area contributed by atoms with Crippen molar-refractivity contribution in [1.82, 2.24) is 0 Å². The second kappa shape index (κ2) is 5.16. The van der Waals surface area contributed by atoms with Crippen molar-refractivity contribution in [3.63, 3.8) is 0 Å². The molecule has 0 amide bonds. The van der Waals surface area contributed by atoms with Crippen molar-refractivity contribution >= 4 is 17.4 Å². The number of ketones is 1. The molecule has 0 aliphatic heterocycles. The van der Waals surface area contributed by atoms with Gasteiger partial charge in [-0.3, -0.25) is 4.79 Å². The number of carbonyl (C=O) groups is 1. The van der Waals surface area contributed by atoms with Crippen LogP contribution in [-0.4, -0.2) is 5.78 Å². The zero-order valence-electron chi connectivity index (χ0n) is 8.59. The molecule has 0 aliphatic carbocycles. The standard InChI is InChI=1S/C12H15ClO/c1-3-6-12(14)9(2)10-7-4-5-8-11(10)13/h4-5,7-9H,3,6H2,1-2H3. The summed E-state index contributed by atoms with van der Waals surface area (Å²) < 4.78 is 0. The van der Waals surface area contributed by atoms with Gasteiger partial charge in [0.15, 0.2) is 0 Å². The summed E-state index contributed by atoms with van der Waals surface area (Å²) in [5, 5.41) is 0.685. The Bertz CT molecular complexity index is 320. The van der Waals surface area contributed by atoms with E-state index < -0.39 is 0 Å². The first-order valence-corrected chi connectivity index (χ1v) is 5.31. The molecule has 0 aromatic heterocycles. The van der Waals surface area contributed by atoms with Crippen LogP contribution in [0.1, 0.15) is 38.2 Å². The number of hydrogen-bond acceptors (Lipinski definition) is 1. The molecule has 14 heavy (non-hydrogen) atoms. The third-order valence-corrected chi connectivity index (χ3v) is 2.70. The average molecular weight is 211 g/mol. The third-order valence-electron chi connectivity index (χ3n) is 2.35. The van der Waals surface area contributed by atoms with Crippen LogP contribution in [0.5, 0.6) is 0 Å². The monoisotopic (exact) mass is 210 g/mol. The molecule has 0 spiro atoms. The van der Waals surface area contributed by atoms with Crippen LogP contribution in [0, 0.1) is 0 Å². The minimum absolute atomic E-state index is 0.0800. The molecule has 1 aromatic rings. The number of carbonyl (C=O) groups excluding carboxylic acids is 1. The first-order valence-electron chi connectivity index (χ1n) is 4.94. The van der Waals surface area contributed by atoms with Crippen LogP contribution >= 0.6 is 11.6 Å². The lowest BCUT2D eigenvalue weighted by Crippen LogP contribution is -2.08. The van der Waals surface area contributed by atoms with Crippen molar-refractivity contribution in [2.24, 2.45) is 0 Å². The molecule has 0 bridgehead atoms. The summed E-state index contributed by atoms with van der Waals surface area (Å²) >= 11 is 6.01. The zero-order valence-corrected chi connectivity index (χ0v) is 9.34. The van der Waals surface area contributed by atoms with E-state index in [4.69, 9.17) is 11.6 Å². The van der Waals surface area contributed by atoms with Gasteiger partial charge in [-0.2, -0.15) is 0 Å². The molecule has 0 heterocycles. The van der Waals surface area contributed by atoms with Gasteiger partial charge in [0.2, 0.25) is 0 Å². The van der Waals surface area contributed by atoms with Crippen molar-refractivity contribution in [3.05, 3.63) is 34.9 Å². The minimum Gasteiger partial charge on any atom is -0.299 e. The van der Waals surface area contributed by atoms with Gasteiger partial charge in [-0.1, -0.05) is 43.6 Å². The molecule has 0 aliphatic rings. The summed E-state index contributed by atoms with van der Waals surface area (Å²) in [5.74, 6) is 0.184. The fraction of sp³-hybridized carbons (Fsp3) is 0.417. The average Bonchev–Trinajstić information content (AvgIpc) is 2.18. The first-order chi connectivity index (χ1) is 6.66. The quantitative estimate of drug-likeness (QED) is 0.739. The second-order valence-corrected chi connectivity index (χ2v) is 3.87. The molecule has 0 N–H and O–H groups in total. The maximum atomic E-state index is 11.6. The number of benzene rings is 1. The number of Topliss-reactive ketones (excluding diaryl/α,β-unsaturated/α-hetero) is 1. The molecule has 76 valence electrons. The number of hydrogen-bond donors (Lipinski definition) is 0. The Balaban J connectivity index is 2.84. The minimum atomic E-state index is -0.0800. The molecule has 1 atom stereocenters. The van der Waals surface area contributed by atoms with Crippen molar-refractivity contribution in [3.8, 4) is 0 Å². The van der Waals surface area contributed by atoms with E-state index in [1.165, 1.54) is 0 Å². The van der Waals surface area contributed by atoms with Gasteiger partial charge in [0.05, 0.1) is 0 Å². The molecule has 1 unspecified atom stereocenters. The van der Waals surface area contributed by atoms with Gasteiger partial charge < -0.3 is 0 Å². The summed E-state index contributed by atoms with van der Waals surface area (Å²) in [7, 11) is 0. The lowest BCUT2D eigenvalue weighted by Gasteiger charge is -2.11. The maximum Gasteiger partial charge on any atom is 0.140 e. The van der Waals surface area contributed by atoms with E-state index in [0.29, 0.717) is 11.4 Å². The number of rotatable bonds is 4. The summed E-state index contributed by atoms with van der Waals surface area (Å²) in [4.78, 5) is 11.6. The maximum absolute atomic E-state index is 11.6. The van der Waals surface area contributed by atoms with Gasteiger partial charge in [0.25, 0.3) is 0 Å². The predicted octanol–water partition coefficient (Wildman–Crippen LogP) is 3.81. The topological polar surface area (TPSA) is 17.1 Å². The lowest BCUT2D eigenvalue weighted by atomic mass is 9.94. The van der Waals surface area contributed by atoms with E-state index in [1.54, 1.807) is 0 Å². The third kappa shape index (κ3) is 2.58. The van der Waals surface area contributed by atoms with Gasteiger partial charge in [-0.05, 0) is 18.1 Å². The molecule has 1 rings (SSSR count). The van der Waals surface area contributed by atoms with Gasteiger partial charge in [-0.15, -0.1) is 0 Å². The molecule has 0 saturated carbocycles. The fourth-order valence-corrected chi connectivity index (χ4v) is 1.76. The smallest absolute Gasteiger partial charge is 0.140 e. The first kappa shape index (κ1) is 11.3. The van der Waals surface area contributed by atoms with E-state index >= 15 is 0 Å². The highest BCUT2D eigenvalue weighted by molar-refractivity contribution is 6.31. The molecule has 2 heteroatoms. The van der Waals surface area contributed by atoms with Crippen molar-refractivity contribution < 1.29 is 4.79 Å². The van der Waals surface area contributed by atoms with E-state index in [-0.39, 0.29) is 11.7 Å². The summed E-state index contributed by atoms with van der Waals surface area (Å²) in [6.45, 7) is 3.93. The Hall–Kier alpha value is -0.820. The normalized spacial score (nSPS) is 12.5.